The second-order valence-electron chi connectivity index (χ2n) is 4.30. The van der Waals surface area contributed by atoms with Crippen LogP contribution < -0.4 is 16.6 Å². The molecule has 0 aliphatic carbocycles. The van der Waals surface area contributed by atoms with E-state index in [-0.39, 0.29) is 17.6 Å². The van der Waals surface area contributed by atoms with Crippen LogP contribution in [0.3, 0.4) is 0 Å². The van der Waals surface area contributed by atoms with E-state index in [4.69, 9.17) is 5.84 Å². The average Bonchev–Trinajstić information content (AvgIpc) is 2.35. The zero-order valence-electron chi connectivity index (χ0n) is 9.79. The van der Waals surface area contributed by atoms with Crippen LogP contribution in [0, 0.1) is 11.8 Å². The first-order valence-corrected chi connectivity index (χ1v) is 5.95. The van der Waals surface area contributed by atoms with Crippen LogP contribution in [-0.4, -0.2) is 24.8 Å². The highest BCUT2D eigenvalue weighted by atomic mass is 16.2. The van der Waals surface area contributed by atoms with Crippen LogP contribution in [0.4, 0.5) is 0 Å². The zero-order valence-corrected chi connectivity index (χ0v) is 9.79. The van der Waals surface area contributed by atoms with Gasteiger partial charge in [-0.3, -0.25) is 15.0 Å². The SMILES string of the molecule is CCCC(C(=O)NN)C(=O)C1CCCNC1. The molecule has 2 atom stereocenters. The molecule has 1 fully saturated rings. The Kier molecular flexibility index (Phi) is 5.42. The summed E-state index contributed by atoms with van der Waals surface area (Å²) < 4.78 is 0. The maximum Gasteiger partial charge on any atom is 0.244 e. The minimum absolute atomic E-state index is 0.0254. The molecule has 1 heterocycles. The van der Waals surface area contributed by atoms with Crippen molar-refractivity contribution in [3.63, 3.8) is 0 Å². The number of carbonyl (C=O) groups excluding carboxylic acids is 2. The third-order valence-electron chi connectivity index (χ3n) is 3.08. The molecule has 0 saturated carbocycles. The van der Waals surface area contributed by atoms with E-state index in [0.29, 0.717) is 13.0 Å². The summed E-state index contributed by atoms with van der Waals surface area (Å²) in [5.74, 6) is 4.20. The van der Waals surface area contributed by atoms with E-state index in [1.54, 1.807) is 0 Å². The van der Waals surface area contributed by atoms with Crippen LogP contribution in [-0.2, 0) is 9.59 Å². The molecule has 5 nitrogen and oxygen atoms in total. The van der Waals surface area contributed by atoms with Gasteiger partial charge in [0.15, 0.2) is 0 Å². The Labute approximate surface area is 96.1 Å². The topological polar surface area (TPSA) is 84.2 Å². The van der Waals surface area contributed by atoms with Crippen LogP contribution in [0.25, 0.3) is 0 Å². The van der Waals surface area contributed by atoms with Crippen LogP contribution in [0.2, 0.25) is 0 Å². The molecule has 1 saturated heterocycles. The molecule has 0 aromatic carbocycles. The van der Waals surface area contributed by atoms with Crippen molar-refractivity contribution in [3.05, 3.63) is 0 Å². The summed E-state index contributed by atoms with van der Waals surface area (Å²) >= 11 is 0. The first-order chi connectivity index (χ1) is 7.70. The molecule has 5 heteroatoms. The fraction of sp³-hybridized carbons (Fsp3) is 0.818. The van der Waals surface area contributed by atoms with Gasteiger partial charge in [0.1, 0.15) is 5.78 Å². The van der Waals surface area contributed by atoms with Crippen LogP contribution in [0.5, 0.6) is 0 Å². The Morgan fingerprint density at radius 1 is 1.56 bits per heavy atom. The van der Waals surface area contributed by atoms with Gasteiger partial charge in [0.05, 0.1) is 5.92 Å². The molecule has 16 heavy (non-hydrogen) atoms. The largest absolute Gasteiger partial charge is 0.316 e. The number of amides is 1. The van der Waals surface area contributed by atoms with Gasteiger partial charge in [-0.1, -0.05) is 13.3 Å². The Bertz CT molecular complexity index is 250. The quantitative estimate of drug-likeness (QED) is 0.266. The Morgan fingerprint density at radius 3 is 2.81 bits per heavy atom. The normalized spacial score (nSPS) is 22.5. The van der Waals surface area contributed by atoms with E-state index in [2.05, 4.69) is 10.7 Å². The summed E-state index contributed by atoms with van der Waals surface area (Å²) in [6, 6.07) is 0. The number of hydrogen-bond donors (Lipinski definition) is 3. The van der Waals surface area contributed by atoms with Gasteiger partial charge in [-0.2, -0.15) is 0 Å². The highest BCUT2D eigenvalue weighted by Gasteiger charge is 2.31. The molecule has 1 aliphatic rings. The lowest BCUT2D eigenvalue weighted by Gasteiger charge is -2.25. The lowest BCUT2D eigenvalue weighted by atomic mass is 9.85. The minimum Gasteiger partial charge on any atom is -0.316 e. The number of piperidine rings is 1. The maximum absolute atomic E-state index is 12.1. The van der Waals surface area contributed by atoms with E-state index >= 15 is 0 Å². The molecule has 0 aromatic rings. The third-order valence-corrected chi connectivity index (χ3v) is 3.08. The van der Waals surface area contributed by atoms with Gasteiger partial charge < -0.3 is 5.32 Å². The van der Waals surface area contributed by atoms with Crippen molar-refractivity contribution in [1.82, 2.24) is 10.7 Å². The molecule has 0 radical (unpaired) electrons. The predicted molar refractivity (Wildman–Crippen MR) is 61.3 cm³/mol. The fourth-order valence-electron chi connectivity index (χ4n) is 2.17. The van der Waals surface area contributed by atoms with Gasteiger partial charge >= 0.3 is 0 Å². The summed E-state index contributed by atoms with van der Waals surface area (Å²) in [6.45, 7) is 3.62. The summed E-state index contributed by atoms with van der Waals surface area (Å²) in [5.41, 5.74) is 2.09. The van der Waals surface area contributed by atoms with Gasteiger partial charge in [-0.25, -0.2) is 5.84 Å². The number of ketones is 1. The molecule has 1 amide bonds. The predicted octanol–water partition coefficient (Wildman–Crippen LogP) is -0.0387. The van der Waals surface area contributed by atoms with Crippen molar-refractivity contribution in [2.24, 2.45) is 17.7 Å². The summed E-state index contributed by atoms with van der Waals surface area (Å²) in [4.78, 5) is 23.6. The van der Waals surface area contributed by atoms with Gasteiger partial charge in [-0.15, -0.1) is 0 Å². The van der Waals surface area contributed by atoms with E-state index in [9.17, 15) is 9.59 Å². The molecule has 1 rings (SSSR count). The molecule has 2 unspecified atom stereocenters. The molecular formula is C11H21N3O2. The Balaban J connectivity index is 2.61. The Hall–Kier alpha value is -0.940. The van der Waals surface area contributed by atoms with E-state index < -0.39 is 5.92 Å². The van der Waals surface area contributed by atoms with E-state index in [1.807, 2.05) is 6.92 Å². The third kappa shape index (κ3) is 3.28. The van der Waals surface area contributed by atoms with Crippen LogP contribution in [0.15, 0.2) is 0 Å². The van der Waals surface area contributed by atoms with Crippen molar-refractivity contribution in [2.45, 2.75) is 32.6 Å². The van der Waals surface area contributed by atoms with E-state index in [0.717, 1.165) is 25.8 Å². The van der Waals surface area contributed by atoms with Crippen molar-refractivity contribution < 1.29 is 9.59 Å². The monoisotopic (exact) mass is 227 g/mol. The number of hydrogen-bond acceptors (Lipinski definition) is 4. The number of Topliss-reactive ketones (excluding diaryl/α,β-unsaturated/α-hetero) is 1. The van der Waals surface area contributed by atoms with Gasteiger partial charge in [-0.05, 0) is 25.8 Å². The first-order valence-electron chi connectivity index (χ1n) is 5.95. The van der Waals surface area contributed by atoms with Gasteiger partial charge in [0.2, 0.25) is 5.91 Å². The number of carbonyl (C=O) groups is 2. The highest BCUT2D eigenvalue weighted by molar-refractivity contribution is 6.02. The van der Waals surface area contributed by atoms with Crippen LogP contribution >= 0.6 is 0 Å². The molecule has 1 aliphatic heterocycles. The van der Waals surface area contributed by atoms with Crippen molar-refractivity contribution in [3.8, 4) is 0 Å². The summed E-state index contributed by atoms with van der Waals surface area (Å²) in [6.07, 6.45) is 3.27. The van der Waals surface area contributed by atoms with E-state index in [1.165, 1.54) is 0 Å². The second-order valence-corrected chi connectivity index (χ2v) is 4.30. The maximum atomic E-state index is 12.1. The number of nitrogens with two attached hydrogens (primary N) is 1. The molecule has 92 valence electrons. The number of hydrazine groups is 1. The van der Waals surface area contributed by atoms with Crippen molar-refractivity contribution >= 4 is 11.7 Å². The lowest BCUT2D eigenvalue weighted by molar-refractivity contribution is -0.137. The standard InChI is InChI=1S/C11H21N3O2/c1-2-4-9(11(16)14-12)10(15)8-5-3-6-13-7-8/h8-9,13H,2-7,12H2,1H3,(H,14,16). The fourth-order valence-corrected chi connectivity index (χ4v) is 2.17. The number of nitrogens with one attached hydrogen (secondary N) is 2. The molecule has 0 spiro atoms. The first kappa shape index (κ1) is 13.1. The average molecular weight is 227 g/mol. The second kappa shape index (κ2) is 6.60. The molecule has 4 N–H and O–H groups in total. The summed E-state index contributed by atoms with van der Waals surface area (Å²) in [5, 5.41) is 3.19. The molecule has 0 aromatic heterocycles. The lowest BCUT2D eigenvalue weighted by Crippen LogP contribution is -2.44. The molecule has 0 bridgehead atoms. The van der Waals surface area contributed by atoms with Crippen molar-refractivity contribution in [2.75, 3.05) is 13.1 Å². The Morgan fingerprint density at radius 2 is 2.31 bits per heavy atom. The van der Waals surface area contributed by atoms with Crippen molar-refractivity contribution in [1.29, 1.82) is 0 Å². The minimum atomic E-state index is -0.570. The van der Waals surface area contributed by atoms with Gasteiger partial charge in [0, 0.05) is 12.5 Å². The number of rotatable bonds is 5. The molecular weight excluding hydrogens is 206 g/mol. The highest BCUT2D eigenvalue weighted by Crippen LogP contribution is 2.19. The zero-order chi connectivity index (χ0) is 12.0. The summed E-state index contributed by atoms with van der Waals surface area (Å²) in [7, 11) is 0. The smallest absolute Gasteiger partial charge is 0.244 e. The van der Waals surface area contributed by atoms with Crippen LogP contribution in [0.1, 0.15) is 32.6 Å². The van der Waals surface area contributed by atoms with Gasteiger partial charge in [0.25, 0.3) is 0 Å².